The Hall–Kier alpha value is -3.02. The summed E-state index contributed by atoms with van der Waals surface area (Å²) in [4.78, 5) is 26.7. The van der Waals surface area contributed by atoms with E-state index in [9.17, 15) is 9.59 Å². The van der Waals surface area contributed by atoms with Crippen LogP contribution in [-0.4, -0.2) is 43.0 Å². The van der Waals surface area contributed by atoms with Crippen molar-refractivity contribution in [1.82, 2.24) is 10.2 Å². The number of nitrogens with zero attached hydrogens (tertiary/aromatic N) is 1. The van der Waals surface area contributed by atoms with E-state index in [0.29, 0.717) is 19.8 Å². The Balaban J connectivity index is 1.36. The summed E-state index contributed by atoms with van der Waals surface area (Å²) in [6.45, 7) is 1.82. The minimum Gasteiger partial charge on any atom is -0.486 e. The molecule has 0 radical (unpaired) electrons. The zero-order valence-electron chi connectivity index (χ0n) is 15.7. The molecule has 2 amide bonds. The fourth-order valence-corrected chi connectivity index (χ4v) is 3.80. The van der Waals surface area contributed by atoms with Crippen molar-refractivity contribution in [3.8, 4) is 11.5 Å². The van der Waals surface area contributed by atoms with Crippen LogP contribution in [0, 0.1) is 0 Å². The molecule has 0 saturated carbocycles. The van der Waals surface area contributed by atoms with Crippen LogP contribution >= 0.6 is 0 Å². The molecule has 0 bridgehead atoms. The first-order chi connectivity index (χ1) is 13.7. The second kappa shape index (κ2) is 8.33. The lowest BCUT2D eigenvalue weighted by Gasteiger charge is -2.27. The Morgan fingerprint density at radius 3 is 2.64 bits per heavy atom. The summed E-state index contributed by atoms with van der Waals surface area (Å²) in [6, 6.07) is 15.4. The minimum atomic E-state index is -0.144. The molecule has 2 heterocycles. The van der Waals surface area contributed by atoms with Crippen LogP contribution in [0.25, 0.3) is 0 Å². The maximum absolute atomic E-state index is 12.7. The van der Waals surface area contributed by atoms with Gasteiger partial charge in [-0.2, -0.15) is 0 Å². The maximum Gasteiger partial charge on any atom is 0.242 e. The third-order valence-corrected chi connectivity index (χ3v) is 5.17. The quantitative estimate of drug-likeness (QED) is 0.865. The van der Waals surface area contributed by atoms with Gasteiger partial charge in [0.1, 0.15) is 13.2 Å². The Morgan fingerprint density at radius 1 is 1.04 bits per heavy atom. The summed E-state index contributed by atoms with van der Waals surface area (Å²) in [5.41, 5.74) is 1.98. The second-order valence-electron chi connectivity index (χ2n) is 7.09. The Bertz CT molecular complexity index is 853. The molecule has 0 aliphatic carbocycles. The fourth-order valence-electron chi connectivity index (χ4n) is 3.80. The van der Waals surface area contributed by atoms with Crippen molar-refractivity contribution in [2.24, 2.45) is 0 Å². The van der Waals surface area contributed by atoms with Crippen LogP contribution in [-0.2, 0) is 16.0 Å². The number of rotatable bonds is 5. The van der Waals surface area contributed by atoms with Crippen LogP contribution in [0.2, 0.25) is 0 Å². The Morgan fingerprint density at radius 2 is 1.82 bits per heavy atom. The van der Waals surface area contributed by atoms with Gasteiger partial charge in [0.25, 0.3) is 0 Å². The number of fused-ring (bicyclic) bond motifs is 1. The lowest BCUT2D eigenvalue weighted by molar-refractivity contribution is -0.133. The number of hydrogen-bond donors (Lipinski definition) is 1. The van der Waals surface area contributed by atoms with Crippen LogP contribution in [0.1, 0.15) is 30.0 Å². The highest BCUT2D eigenvalue weighted by Crippen LogP contribution is 2.38. The third-order valence-electron chi connectivity index (χ3n) is 5.17. The average Bonchev–Trinajstić information content (AvgIpc) is 3.22. The third kappa shape index (κ3) is 4.11. The number of amides is 2. The van der Waals surface area contributed by atoms with Gasteiger partial charge in [0.05, 0.1) is 19.0 Å². The maximum atomic E-state index is 12.7. The van der Waals surface area contributed by atoms with Gasteiger partial charge in [-0.25, -0.2) is 0 Å². The van der Waals surface area contributed by atoms with Crippen molar-refractivity contribution in [1.29, 1.82) is 0 Å². The van der Waals surface area contributed by atoms with Gasteiger partial charge in [-0.15, -0.1) is 0 Å². The molecular formula is C22H24N2O4. The van der Waals surface area contributed by atoms with Gasteiger partial charge in [-0.3, -0.25) is 9.59 Å². The molecule has 2 aliphatic rings. The molecule has 1 atom stereocenters. The molecule has 6 nitrogen and oxygen atoms in total. The number of hydrogen-bond acceptors (Lipinski definition) is 4. The molecule has 6 heteroatoms. The van der Waals surface area contributed by atoms with E-state index in [0.717, 1.165) is 35.5 Å². The van der Waals surface area contributed by atoms with Gasteiger partial charge >= 0.3 is 0 Å². The van der Waals surface area contributed by atoms with Crippen LogP contribution in [0.4, 0.5) is 0 Å². The lowest BCUT2D eigenvalue weighted by atomic mass is 10.0. The van der Waals surface area contributed by atoms with Crippen molar-refractivity contribution in [3.63, 3.8) is 0 Å². The highest BCUT2D eigenvalue weighted by molar-refractivity contribution is 5.86. The molecule has 0 unspecified atom stereocenters. The normalized spacial score (nSPS) is 18.0. The second-order valence-corrected chi connectivity index (χ2v) is 7.09. The van der Waals surface area contributed by atoms with Crippen LogP contribution < -0.4 is 14.8 Å². The smallest absolute Gasteiger partial charge is 0.242 e. The predicted octanol–water partition coefficient (Wildman–Crippen LogP) is 2.48. The van der Waals surface area contributed by atoms with E-state index in [4.69, 9.17) is 9.47 Å². The molecule has 146 valence electrons. The standard InChI is InChI=1S/C22H24N2O4/c25-21(13-16-5-2-1-3-6-16)23-15-22(26)24-10-4-7-18(24)17-8-9-19-20(14-17)28-12-11-27-19/h1-3,5-6,8-9,14,18H,4,7,10-13,15H2,(H,23,25)/t18-/m1/s1. The summed E-state index contributed by atoms with van der Waals surface area (Å²) in [6.07, 6.45) is 2.13. The van der Waals surface area contributed by atoms with Gasteiger partial charge < -0.3 is 19.7 Å². The highest BCUT2D eigenvalue weighted by Gasteiger charge is 2.30. The molecular weight excluding hydrogens is 356 g/mol. The first-order valence-corrected chi connectivity index (χ1v) is 9.70. The van der Waals surface area contributed by atoms with Crippen molar-refractivity contribution in [2.45, 2.75) is 25.3 Å². The summed E-state index contributed by atoms with van der Waals surface area (Å²) >= 11 is 0. The fraction of sp³-hybridized carbons (Fsp3) is 0.364. The summed E-state index contributed by atoms with van der Waals surface area (Å²) in [5.74, 6) is 1.28. The predicted molar refractivity (Wildman–Crippen MR) is 104 cm³/mol. The van der Waals surface area contributed by atoms with E-state index in [1.807, 2.05) is 53.4 Å². The van der Waals surface area contributed by atoms with Crippen molar-refractivity contribution in [3.05, 3.63) is 59.7 Å². The van der Waals surface area contributed by atoms with Gasteiger partial charge in [0.15, 0.2) is 11.5 Å². The van der Waals surface area contributed by atoms with E-state index in [1.165, 1.54) is 0 Å². The monoisotopic (exact) mass is 380 g/mol. The molecule has 1 N–H and O–H groups in total. The lowest BCUT2D eigenvalue weighted by Crippen LogP contribution is -2.40. The van der Waals surface area contributed by atoms with Gasteiger partial charge in [0.2, 0.25) is 11.8 Å². The van der Waals surface area contributed by atoms with E-state index in [2.05, 4.69) is 5.32 Å². The average molecular weight is 380 g/mol. The summed E-state index contributed by atoms with van der Waals surface area (Å²) < 4.78 is 11.2. The van der Waals surface area contributed by atoms with Crippen molar-refractivity contribution in [2.75, 3.05) is 26.3 Å². The van der Waals surface area contributed by atoms with Crippen LogP contribution in [0.5, 0.6) is 11.5 Å². The van der Waals surface area contributed by atoms with Gasteiger partial charge in [0, 0.05) is 6.54 Å². The molecule has 4 rings (SSSR count). The number of likely N-dealkylation sites (tertiary alicyclic amines) is 1. The van der Waals surface area contributed by atoms with E-state index >= 15 is 0 Å². The van der Waals surface area contributed by atoms with E-state index in [-0.39, 0.29) is 30.8 Å². The first-order valence-electron chi connectivity index (χ1n) is 9.70. The van der Waals surface area contributed by atoms with Gasteiger partial charge in [-0.05, 0) is 36.1 Å². The number of ether oxygens (including phenoxy) is 2. The highest BCUT2D eigenvalue weighted by atomic mass is 16.6. The Labute approximate surface area is 164 Å². The molecule has 28 heavy (non-hydrogen) atoms. The summed E-state index contributed by atoms with van der Waals surface area (Å²) in [5, 5.41) is 2.75. The molecule has 0 aromatic heterocycles. The van der Waals surface area contributed by atoms with Crippen LogP contribution in [0.3, 0.4) is 0 Å². The number of benzene rings is 2. The van der Waals surface area contributed by atoms with Crippen LogP contribution in [0.15, 0.2) is 48.5 Å². The topological polar surface area (TPSA) is 67.9 Å². The molecule has 2 aromatic carbocycles. The van der Waals surface area contributed by atoms with E-state index in [1.54, 1.807) is 0 Å². The largest absolute Gasteiger partial charge is 0.486 e. The zero-order valence-corrected chi connectivity index (χ0v) is 15.7. The van der Waals surface area contributed by atoms with Crippen molar-refractivity contribution < 1.29 is 19.1 Å². The van der Waals surface area contributed by atoms with Crippen molar-refractivity contribution >= 4 is 11.8 Å². The SMILES string of the molecule is O=C(Cc1ccccc1)NCC(=O)N1CCC[C@@H]1c1ccc2c(c1)OCCO2. The summed E-state index contributed by atoms with van der Waals surface area (Å²) in [7, 11) is 0. The molecule has 2 aromatic rings. The molecule has 1 fully saturated rings. The number of carbonyl (C=O) groups excluding carboxylic acids is 2. The van der Waals surface area contributed by atoms with Gasteiger partial charge in [-0.1, -0.05) is 36.4 Å². The Kier molecular flexibility index (Phi) is 5.46. The minimum absolute atomic E-state index is 0.00866. The zero-order chi connectivity index (χ0) is 19.3. The first kappa shape index (κ1) is 18.3. The molecule has 2 aliphatic heterocycles. The number of carbonyl (C=O) groups is 2. The van der Waals surface area contributed by atoms with E-state index < -0.39 is 0 Å². The molecule has 0 spiro atoms. The number of nitrogens with one attached hydrogen (secondary N) is 1. The molecule has 1 saturated heterocycles.